The third-order valence-corrected chi connectivity index (χ3v) is 3.81. The van der Waals surface area contributed by atoms with Gasteiger partial charge in [-0.25, -0.2) is 4.79 Å². The number of aromatic carboxylic acids is 1. The number of carboxylic acid groups (broad SMARTS) is 1. The monoisotopic (exact) mass is 397 g/mol. The maximum Gasteiger partial charge on any atom is 0.417 e. The number of alkyl halides is 3. The Balaban J connectivity index is 2.44. The van der Waals surface area contributed by atoms with Crippen molar-refractivity contribution < 1.29 is 27.9 Å². The molecule has 27 heavy (non-hydrogen) atoms. The van der Waals surface area contributed by atoms with Gasteiger partial charge in [0, 0.05) is 16.9 Å². The zero-order valence-electron chi connectivity index (χ0n) is 14.1. The van der Waals surface area contributed by atoms with E-state index in [2.05, 4.69) is 0 Å². The van der Waals surface area contributed by atoms with Crippen LogP contribution in [0.25, 0.3) is 6.08 Å². The molecule has 0 aromatic heterocycles. The number of nitrogens with zero attached hydrogens (tertiary/aromatic N) is 1. The molecule has 0 heterocycles. The van der Waals surface area contributed by atoms with Crippen molar-refractivity contribution in [1.29, 1.82) is 0 Å². The Morgan fingerprint density at radius 1 is 1.19 bits per heavy atom. The summed E-state index contributed by atoms with van der Waals surface area (Å²) < 4.78 is 39.6. The van der Waals surface area contributed by atoms with Crippen molar-refractivity contribution in [2.24, 2.45) is 0 Å². The molecule has 0 radical (unpaired) electrons. The van der Waals surface area contributed by atoms with Crippen molar-refractivity contribution in [2.45, 2.75) is 13.1 Å². The van der Waals surface area contributed by atoms with Gasteiger partial charge in [-0.2, -0.15) is 13.2 Å². The Morgan fingerprint density at radius 2 is 1.89 bits per heavy atom. The molecule has 0 saturated carbocycles. The highest BCUT2D eigenvalue weighted by molar-refractivity contribution is 6.30. The van der Waals surface area contributed by atoms with Gasteiger partial charge in [0.2, 0.25) is 0 Å². The standard InChI is InChI=1S/C19H15ClF3NO3/c1-12(25)11-24(16-4-2-3-14(9-16)18(26)27)8-7-13-5-6-15(20)10-17(13)19(21,22)23/h2-10H,11H2,1H3,(H,26,27). The van der Waals surface area contributed by atoms with Gasteiger partial charge in [0.15, 0.2) is 0 Å². The lowest BCUT2D eigenvalue weighted by atomic mass is 10.1. The molecule has 8 heteroatoms. The van der Waals surface area contributed by atoms with E-state index in [-0.39, 0.29) is 28.5 Å². The summed E-state index contributed by atoms with van der Waals surface area (Å²) in [5.74, 6) is -1.40. The highest BCUT2D eigenvalue weighted by Gasteiger charge is 2.33. The number of benzene rings is 2. The molecule has 0 spiro atoms. The Hall–Kier alpha value is -2.80. The van der Waals surface area contributed by atoms with Crippen LogP contribution in [0.3, 0.4) is 0 Å². The first kappa shape index (κ1) is 20.5. The van der Waals surface area contributed by atoms with Crippen molar-refractivity contribution in [2.75, 3.05) is 11.4 Å². The van der Waals surface area contributed by atoms with Crippen molar-refractivity contribution in [3.05, 3.63) is 70.4 Å². The number of Topliss-reactive ketones (excluding diaryl/α,β-unsaturated/α-hetero) is 1. The summed E-state index contributed by atoms with van der Waals surface area (Å²) in [5, 5.41) is 9.04. The van der Waals surface area contributed by atoms with E-state index in [9.17, 15) is 22.8 Å². The number of hydrogen-bond acceptors (Lipinski definition) is 3. The third kappa shape index (κ3) is 5.59. The van der Waals surface area contributed by atoms with Crippen LogP contribution in [0.2, 0.25) is 5.02 Å². The van der Waals surface area contributed by atoms with Crippen LogP contribution in [0, 0.1) is 0 Å². The number of carbonyl (C=O) groups is 2. The van der Waals surface area contributed by atoms with Crippen LogP contribution in [0.1, 0.15) is 28.4 Å². The Kier molecular flexibility index (Phi) is 6.28. The van der Waals surface area contributed by atoms with E-state index < -0.39 is 17.7 Å². The second kappa shape index (κ2) is 8.26. The molecule has 2 rings (SSSR count). The fourth-order valence-corrected chi connectivity index (χ4v) is 2.55. The highest BCUT2D eigenvalue weighted by atomic mass is 35.5. The molecule has 2 aromatic rings. The summed E-state index contributed by atoms with van der Waals surface area (Å²) in [6, 6.07) is 9.14. The first-order chi connectivity index (χ1) is 12.6. The van der Waals surface area contributed by atoms with Gasteiger partial charge in [-0.15, -0.1) is 0 Å². The second-order valence-corrected chi connectivity index (χ2v) is 6.17. The lowest BCUT2D eigenvalue weighted by Gasteiger charge is -2.20. The number of halogens is 4. The van der Waals surface area contributed by atoms with E-state index in [0.29, 0.717) is 5.69 Å². The zero-order chi connectivity index (χ0) is 20.2. The van der Waals surface area contributed by atoms with Crippen molar-refractivity contribution in [1.82, 2.24) is 0 Å². The molecule has 0 unspecified atom stereocenters. The second-order valence-electron chi connectivity index (χ2n) is 5.73. The number of anilines is 1. The van der Waals surface area contributed by atoms with Crippen LogP contribution in [-0.4, -0.2) is 23.4 Å². The third-order valence-electron chi connectivity index (χ3n) is 3.57. The van der Waals surface area contributed by atoms with Crippen LogP contribution in [0.15, 0.2) is 48.7 Å². The average Bonchev–Trinajstić information content (AvgIpc) is 2.58. The van der Waals surface area contributed by atoms with Crippen molar-refractivity contribution >= 4 is 35.1 Å². The molecule has 0 aliphatic heterocycles. The molecular formula is C19H15ClF3NO3. The number of rotatable bonds is 6. The highest BCUT2D eigenvalue weighted by Crippen LogP contribution is 2.34. The summed E-state index contributed by atoms with van der Waals surface area (Å²) in [7, 11) is 0. The number of carboxylic acids is 1. The van der Waals surface area contributed by atoms with Crippen LogP contribution in [0.5, 0.6) is 0 Å². The summed E-state index contributed by atoms with van der Waals surface area (Å²) in [6.07, 6.45) is -2.09. The Morgan fingerprint density at radius 3 is 2.48 bits per heavy atom. The van der Waals surface area contributed by atoms with E-state index in [4.69, 9.17) is 16.7 Å². The molecule has 0 atom stereocenters. The number of ketones is 1. The minimum Gasteiger partial charge on any atom is -0.478 e. The fourth-order valence-electron chi connectivity index (χ4n) is 2.38. The average molecular weight is 398 g/mol. The van der Waals surface area contributed by atoms with E-state index in [1.54, 1.807) is 6.07 Å². The smallest absolute Gasteiger partial charge is 0.417 e. The number of carbonyl (C=O) groups excluding carboxylic acids is 1. The van der Waals surface area contributed by atoms with Crippen LogP contribution >= 0.6 is 11.6 Å². The molecule has 0 aliphatic rings. The zero-order valence-corrected chi connectivity index (χ0v) is 14.9. The maximum atomic E-state index is 13.2. The Bertz CT molecular complexity index is 894. The quantitative estimate of drug-likeness (QED) is 0.734. The van der Waals surface area contributed by atoms with E-state index in [0.717, 1.165) is 6.07 Å². The minimum atomic E-state index is -4.60. The van der Waals surface area contributed by atoms with Crippen LogP contribution in [0.4, 0.5) is 18.9 Å². The summed E-state index contributed by atoms with van der Waals surface area (Å²) >= 11 is 5.66. The van der Waals surface area contributed by atoms with Gasteiger partial charge in [-0.1, -0.05) is 23.7 Å². The molecule has 4 nitrogen and oxygen atoms in total. The molecule has 0 fully saturated rings. The first-order valence-corrected chi connectivity index (χ1v) is 8.10. The van der Waals surface area contributed by atoms with E-state index in [1.165, 1.54) is 54.4 Å². The number of hydrogen-bond donors (Lipinski definition) is 1. The molecule has 2 aromatic carbocycles. The van der Waals surface area contributed by atoms with Crippen molar-refractivity contribution in [3.63, 3.8) is 0 Å². The van der Waals surface area contributed by atoms with Gasteiger partial charge in [-0.3, -0.25) is 4.79 Å². The predicted octanol–water partition coefficient (Wildman–Crippen LogP) is 5.12. The summed E-state index contributed by atoms with van der Waals surface area (Å²) in [5.41, 5.74) is -0.677. The van der Waals surface area contributed by atoms with E-state index in [1.807, 2.05) is 0 Å². The molecule has 0 bridgehead atoms. The summed E-state index contributed by atoms with van der Waals surface area (Å²) in [6.45, 7) is 1.19. The fraction of sp³-hybridized carbons (Fsp3) is 0.158. The molecule has 0 aliphatic carbocycles. The molecule has 0 amide bonds. The first-order valence-electron chi connectivity index (χ1n) is 7.72. The lowest BCUT2D eigenvalue weighted by molar-refractivity contribution is -0.137. The molecule has 0 saturated heterocycles. The van der Waals surface area contributed by atoms with Gasteiger partial charge in [0.1, 0.15) is 5.78 Å². The molecule has 1 N–H and O–H groups in total. The Labute approximate surface area is 158 Å². The largest absolute Gasteiger partial charge is 0.478 e. The molecular weight excluding hydrogens is 383 g/mol. The van der Waals surface area contributed by atoms with Gasteiger partial charge < -0.3 is 10.0 Å². The van der Waals surface area contributed by atoms with Gasteiger partial charge in [0.25, 0.3) is 0 Å². The van der Waals surface area contributed by atoms with Crippen LogP contribution < -0.4 is 4.90 Å². The summed E-state index contributed by atoms with van der Waals surface area (Å²) in [4.78, 5) is 24.0. The minimum absolute atomic E-state index is 0.00285. The van der Waals surface area contributed by atoms with Crippen LogP contribution in [-0.2, 0) is 11.0 Å². The van der Waals surface area contributed by atoms with Crippen molar-refractivity contribution in [3.8, 4) is 0 Å². The SMILES string of the molecule is CC(=O)CN(C=Cc1ccc(Cl)cc1C(F)(F)F)c1cccc(C(=O)O)c1. The van der Waals surface area contributed by atoms with Gasteiger partial charge in [-0.05, 0) is 48.9 Å². The van der Waals surface area contributed by atoms with Gasteiger partial charge >= 0.3 is 12.1 Å². The van der Waals surface area contributed by atoms with E-state index >= 15 is 0 Å². The molecule has 142 valence electrons. The lowest BCUT2D eigenvalue weighted by Crippen LogP contribution is -2.23. The predicted molar refractivity (Wildman–Crippen MR) is 96.9 cm³/mol. The maximum absolute atomic E-state index is 13.2. The normalized spacial score (nSPS) is 11.6. The van der Waals surface area contributed by atoms with Gasteiger partial charge in [0.05, 0.1) is 17.7 Å². The topological polar surface area (TPSA) is 57.6 Å².